The second-order valence-electron chi connectivity index (χ2n) is 7.51. The summed E-state index contributed by atoms with van der Waals surface area (Å²) < 4.78 is 2.07. The van der Waals surface area contributed by atoms with Crippen LogP contribution in [0.3, 0.4) is 0 Å². The monoisotopic (exact) mass is 407 g/mol. The normalized spacial score (nSPS) is 10.8. The molecule has 0 bridgehead atoms. The lowest BCUT2D eigenvalue weighted by molar-refractivity contribution is 0.0827. The number of nitrogens with one attached hydrogen (secondary N) is 1. The molecule has 3 rings (SSSR count). The Morgan fingerprint density at radius 1 is 1.03 bits per heavy atom. The molecule has 0 saturated heterocycles. The van der Waals surface area contributed by atoms with Crippen LogP contribution in [-0.2, 0) is 19.5 Å². The van der Waals surface area contributed by atoms with E-state index in [9.17, 15) is 9.59 Å². The van der Waals surface area contributed by atoms with Crippen LogP contribution in [-0.4, -0.2) is 52.4 Å². The number of carbonyl (C=O) groups excluding carboxylic acids is 2. The van der Waals surface area contributed by atoms with Crippen LogP contribution in [0.15, 0.2) is 42.5 Å². The van der Waals surface area contributed by atoms with Crippen molar-refractivity contribution in [2.75, 3.05) is 26.5 Å². The number of anilines is 1. The molecule has 158 valence electrons. The van der Waals surface area contributed by atoms with Crippen LogP contribution < -0.4 is 5.32 Å². The van der Waals surface area contributed by atoms with Crippen molar-refractivity contribution in [3.63, 3.8) is 0 Å². The van der Waals surface area contributed by atoms with Crippen LogP contribution in [0.1, 0.15) is 35.6 Å². The smallest absolute Gasteiger partial charge is 0.321 e. The van der Waals surface area contributed by atoms with E-state index in [4.69, 9.17) is 4.98 Å². The topological polar surface area (TPSA) is 70.5 Å². The lowest BCUT2D eigenvalue weighted by Gasteiger charge is -2.18. The molecule has 1 heterocycles. The molecule has 1 N–H and O–H groups in total. The van der Waals surface area contributed by atoms with Gasteiger partial charge in [-0.1, -0.05) is 19.1 Å². The summed E-state index contributed by atoms with van der Waals surface area (Å²) in [6.07, 6.45) is 0.962. The molecule has 0 aliphatic rings. The number of carbonyl (C=O) groups is 2. The SMILES string of the molecule is CCc1ccc(NC(=O)N(C)Cc2nc3cc(C(=O)N(C)C)ccc3n2CC)cc1. The maximum Gasteiger partial charge on any atom is 0.321 e. The highest BCUT2D eigenvalue weighted by atomic mass is 16.2. The predicted molar refractivity (Wildman–Crippen MR) is 120 cm³/mol. The Balaban J connectivity index is 1.79. The first kappa shape index (κ1) is 21.4. The standard InChI is InChI=1S/C23H29N5O2/c1-6-16-8-11-18(12-9-16)24-23(30)27(5)15-21-25-19-14-17(22(29)26(3)4)10-13-20(19)28(21)7-2/h8-14H,6-7,15H2,1-5H3,(H,24,30). The predicted octanol–water partition coefficient (Wildman–Crippen LogP) is 3.98. The number of imidazole rings is 1. The maximum atomic E-state index is 12.6. The molecule has 3 amide bonds. The molecule has 3 aromatic rings. The summed E-state index contributed by atoms with van der Waals surface area (Å²) in [4.78, 5) is 32.8. The van der Waals surface area contributed by atoms with Crippen molar-refractivity contribution < 1.29 is 9.59 Å². The first-order valence-electron chi connectivity index (χ1n) is 10.2. The van der Waals surface area contributed by atoms with Crippen LogP contribution >= 0.6 is 0 Å². The minimum absolute atomic E-state index is 0.0601. The highest BCUT2D eigenvalue weighted by molar-refractivity contribution is 5.97. The van der Waals surface area contributed by atoms with Crippen LogP contribution in [0.25, 0.3) is 11.0 Å². The molecule has 7 heteroatoms. The van der Waals surface area contributed by atoms with E-state index in [1.54, 1.807) is 30.9 Å². The molecule has 0 fully saturated rings. The van der Waals surface area contributed by atoms with Crippen molar-refractivity contribution in [1.29, 1.82) is 0 Å². The largest absolute Gasteiger partial charge is 0.345 e. The van der Waals surface area contributed by atoms with Crippen molar-refractivity contribution in [3.05, 3.63) is 59.4 Å². The van der Waals surface area contributed by atoms with Gasteiger partial charge in [0.05, 0.1) is 17.6 Å². The fraction of sp³-hybridized carbons (Fsp3) is 0.348. The van der Waals surface area contributed by atoms with Gasteiger partial charge in [0.25, 0.3) is 5.91 Å². The van der Waals surface area contributed by atoms with Crippen molar-refractivity contribution in [3.8, 4) is 0 Å². The summed E-state index contributed by atoms with van der Waals surface area (Å²) in [5, 5.41) is 2.92. The van der Waals surface area contributed by atoms with E-state index in [0.29, 0.717) is 12.1 Å². The third kappa shape index (κ3) is 4.45. The number of aromatic nitrogens is 2. The van der Waals surface area contributed by atoms with Gasteiger partial charge in [-0.25, -0.2) is 9.78 Å². The molecule has 1 aromatic heterocycles. The zero-order valence-electron chi connectivity index (χ0n) is 18.3. The van der Waals surface area contributed by atoms with Crippen LogP contribution in [0.4, 0.5) is 10.5 Å². The number of amides is 3. The fourth-order valence-corrected chi connectivity index (χ4v) is 3.37. The van der Waals surface area contributed by atoms with E-state index < -0.39 is 0 Å². The summed E-state index contributed by atoms with van der Waals surface area (Å²) in [6.45, 7) is 5.22. The van der Waals surface area contributed by atoms with Gasteiger partial charge in [-0.15, -0.1) is 0 Å². The van der Waals surface area contributed by atoms with Gasteiger partial charge in [0, 0.05) is 38.9 Å². The Morgan fingerprint density at radius 3 is 2.33 bits per heavy atom. The zero-order chi connectivity index (χ0) is 21.8. The molecule has 0 atom stereocenters. The summed E-state index contributed by atoms with van der Waals surface area (Å²) in [7, 11) is 5.20. The third-order valence-electron chi connectivity index (χ3n) is 5.14. The van der Waals surface area contributed by atoms with Crippen LogP contribution in [0.5, 0.6) is 0 Å². The molecule has 2 aromatic carbocycles. The van der Waals surface area contributed by atoms with E-state index >= 15 is 0 Å². The molecular weight excluding hydrogens is 378 g/mol. The number of hydrogen-bond acceptors (Lipinski definition) is 3. The molecule has 30 heavy (non-hydrogen) atoms. The molecular formula is C23H29N5O2. The summed E-state index contributed by atoms with van der Waals surface area (Å²) in [5.41, 5.74) is 4.29. The Bertz CT molecular complexity index is 1050. The second kappa shape index (κ2) is 8.98. The Kier molecular flexibility index (Phi) is 6.40. The minimum Gasteiger partial charge on any atom is -0.345 e. The first-order valence-corrected chi connectivity index (χ1v) is 10.2. The Labute approximate surface area is 177 Å². The summed E-state index contributed by atoms with van der Waals surface area (Å²) in [6, 6.07) is 13.2. The fourth-order valence-electron chi connectivity index (χ4n) is 3.37. The zero-order valence-corrected chi connectivity index (χ0v) is 18.3. The van der Waals surface area contributed by atoms with Gasteiger partial charge in [-0.2, -0.15) is 0 Å². The molecule has 0 aliphatic carbocycles. The van der Waals surface area contributed by atoms with Crippen molar-refractivity contribution in [2.24, 2.45) is 0 Å². The van der Waals surface area contributed by atoms with Gasteiger partial charge in [0.2, 0.25) is 0 Å². The van der Waals surface area contributed by atoms with Gasteiger partial charge in [-0.05, 0) is 49.2 Å². The summed E-state index contributed by atoms with van der Waals surface area (Å²) >= 11 is 0. The van der Waals surface area contributed by atoms with Crippen molar-refractivity contribution >= 4 is 28.7 Å². The second-order valence-corrected chi connectivity index (χ2v) is 7.51. The number of benzene rings is 2. The van der Waals surface area contributed by atoms with E-state index in [-0.39, 0.29) is 11.9 Å². The average Bonchev–Trinajstić information content (AvgIpc) is 3.09. The first-order chi connectivity index (χ1) is 14.3. The molecule has 0 aliphatic heterocycles. The van der Waals surface area contributed by atoms with Gasteiger partial charge in [0.1, 0.15) is 5.82 Å². The molecule has 0 spiro atoms. The number of hydrogen-bond donors (Lipinski definition) is 1. The molecule has 7 nitrogen and oxygen atoms in total. The van der Waals surface area contributed by atoms with Gasteiger partial charge in [-0.3, -0.25) is 4.79 Å². The van der Waals surface area contributed by atoms with Crippen LogP contribution in [0.2, 0.25) is 0 Å². The number of rotatable bonds is 6. The van der Waals surface area contributed by atoms with Crippen molar-refractivity contribution in [1.82, 2.24) is 19.4 Å². The summed E-state index contributed by atoms with van der Waals surface area (Å²) in [5.74, 6) is 0.719. The molecule has 0 radical (unpaired) electrons. The van der Waals surface area contributed by atoms with Gasteiger partial charge >= 0.3 is 6.03 Å². The quantitative estimate of drug-likeness (QED) is 0.672. The highest BCUT2D eigenvalue weighted by Gasteiger charge is 2.17. The van der Waals surface area contributed by atoms with Crippen LogP contribution in [0, 0.1) is 0 Å². The minimum atomic E-state index is -0.197. The van der Waals surface area contributed by atoms with E-state index in [1.807, 2.05) is 49.4 Å². The third-order valence-corrected chi connectivity index (χ3v) is 5.14. The molecule has 0 saturated carbocycles. The number of urea groups is 1. The number of fused-ring (bicyclic) bond motifs is 1. The van der Waals surface area contributed by atoms with E-state index in [0.717, 1.165) is 35.5 Å². The number of aryl methyl sites for hydroxylation is 2. The lowest BCUT2D eigenvalue weighted by Crippen LogP contribution is -2.31. The Hall–Kier alpha value is -3.35. The Morgan fingerprint density at radius 2 is 1.73 bits per heavy atom. The average molecular weight is 408 g/mol. The van der Waals surface area contributed by atoms with E-state index in [1.165, 1.54) is 5.56 Å². The molecule has 0 unspecified atom stereocenters. The van der Waals surface area contributed by atoms with Gasteiger partial charge in [0.15, 0.2) is 0 Å². The highest BCUT2D eigenvalue weighted by Crippen LogP contribution is 2.20. The van der Waals surface area contributed by atoms with E-state index in [2.05, 4.69) is 16.8 Å². The number of nitrogens with zero attached hydrogens (tertiary/aromatic N) is 4. The van der Waals surface area contributed by atoms with Gasteiger partial charge < -0.3 is 19.7 Å². The maximum absolute atomic E-state index is 12.6. The lowest BCUT2D eigenvalue weighted by atomic mass is 10.1. The van der Waals surface area contributed by atoms with Crippen molar-refractivity contribution in [2.45, 2.75) is 33.4 Å².